The van der Waals surface area contributed by atoms with E-state index >= 15 is 0 Å². The summed E-state index contributed by atoms with van der Waals surface area (Å²) in [4.78, 5) is 13.0. The van der Waals surface area contributed by atoms with Crippen LogP contribution in [0.3, 0.4) is 0 Å². The molecule has 1 aliphatic rings. The molecule has 7 N–H and O–H groups in total. The molecular formula is C39H73NO12S. The van der Waals surface area contributed by atoms with Crippen molar-refractivity contribution in [3.05, 3.63) is 24.3 Å². The highest BCUT2D eigenvalue weighted by Gasteiger charge is 2.48. The average Bonchev–Trinajstić information content (AvgIpc) is 3.12. The van der Waals surface area contributed by atoms with E-state index in [1.165, 1.54) is 44.9 Å². The van der Waals surface area contributed by atoms with Crippen molar-refractivity contribution in [3.63, 3.8) is 0 Å². The molecule has 1 fully saturated rings. The highest BCUT2D eigenvalue weighted by atomic mass is 32.3. The zero-order valence-electron chi connectivity index (χ0n) is 32.4. The van der Waals surface area contributed by atoms with Crippen LogP contribution >= 0.6 is 0 Å². The maximum Gasteiger partial charge on any atom is 0.397 e. The highest BCUT2D eigenvalue weighted by Crippen LogP contribution is 2.26. The SMILES string of the molecule is CCCCC/C=C\C=C/CCCCCCCCCCCC(O)C(=O)NC(COC1OC(CO)C(O)C(OS(=O)(=O)O)C1O)C(O)CCCCCCCC. The molecule has 312 valence electrons. The number of aliphatic hydroxyl groups excluding tert-OH is 5. The topological polar surface area (TPSA) is 212 Å². The van der Waals surface area contributed by atoms with Gasteiger partial charge in [0.25, 0.3) is 0 Å². The maximum atomic E-state index is 13.0. The van der Waals surface area contributed by atoms with E-state index in [1.807, 2.05) is 0 Å². The van der Waals surface area contributed by atoms with Gasteiger partial charge >= 0.3 is 10.4 Å². The lowest BCUT2D eigenvalue weighted by Crippen LogP contribution is -2.61. The number of nitrogens with one attached hydrogen (secondary N) is 1. The molecule has 0 aliphatic carbocycles. The van der Waals surface area contributed by atoms with Gasteiger partial charge in [-0.15, -0.1) is 0 Å². The van der Waals surface area contributed by atoms with Crippen molar-refractivity contribution < 1.29 is 57.0 Å². The van der Waals surface area contributed by atoms with Gasteiger partial charge in [0.2, 0.25) is 5.91 Å². The molecule has 1 heterocycles. The van der Waals surface area contributed by atoms with Gasteiger partial charge in [0.15, 0.2) is 6.29 Å². The summed E-state index contributed by atoms with van der Waals surface area (Å²) >= 11 is 0. The third kappa shape index (κ3) is 23.9. The zero-order chi connectivity index (χ0) is 39.3. The Balaban J connectivity index is 2.50. The highest BCUT2D eigenvalue weighted by molar-refractivity contribution is 7.80. The number of unbranched alkanes of at least 4 members (excludes halogenated alkanes) is 17. The molecular weight excluding hydrogens is 706 g/mol. The van der Waals surface area contributed by atoms with Crippen LogP contribution in [-0.2, 0) is 28.9 Å². The molecule has 14 heteroatoms. The number of hydrogen-bond donors (Lipinski definition) is 7. The summed E-state index contributed by atoms with van der Waals surface area (Å²) in [5.74, 6) is -0.681. The van der Waals surface area contributed by atoms with Crippen molar-refractivity contribution in [2.75, 3.05) is 13.2 Å². The maximum absolute atomic E-state index is 13.0. The van der Waals surface area contributed by atoms with Gasteiger partial charge in [0.1, 0.15) is 30.5 Å². The molecule has 1 rings (SSSR count). The van der Waals surface area contributed by atoms with E-state index < -0.39 is 78.5 Å². The Morgan fingerprint density at radius 2 is 1.25 bits per heavy atom. The van der Waals surface area contributed by atoms with Gasteiger partial charge in [-0.1, -0.05) is 141 Å². The van der Waals surface area contributed by atoms with Crippen LogP contribution in [0.25, 0.3) is 0 Å². The fourth-order valence-electron chi connectivity index (χ4n) is 6.34. The molecule has 53 heavy (non-hydrogen) atoms. The van der Waals surface area contributed by atoms with Gasteiger partial charge < -0.3 is 40.3 Å². The molecule has 1 saturated heterocycles. The number of amides is 1. The Hall–Kier alpha value is -1.46. The monoisotopic (exact) mass is 779 g/mol. The van der Waals surface area contributed by atoms with Crippen LogP contribution in [0.1, 0.15) is 155 Å². The van der Waals surface area contributed by atoms with E-state index in [9.17, 15) is 38.7 Å². The number of carbonyl (C=O) groups excluding carboxylic acids is 1. The summed E-state index contributed by atoms with van der Waals surface area (Å²) in [6, 6.07) is -1.03. The minimum atomic E-state index is -5.10. The van der Waals surface area contributed by atoms with Gasteiger partial charge in [-0.25, -0.2) is 4.18 Å². The van der Waals surface area contributed by atoms with Crippen LogP contribution in [0.5, 0.6) is 0 Å². The van der Waals surface area contributed by atoms with Crippen LogP contribution in [0.4, 0.5) is 0 Å². The van der Waals surface area contributed by atoms with Crippen LogP contribution < -0.4 is 5.32 Å². The Morgan fingerprint density at radius 1 is 0.755 bits per heavy atom. The summed E-state index contributed by atoms with van der Waals surface area (Å²) in [6.45, 7) is 3.13. The second-order valence-electron chi connectivity index (χ2n) is 14.4. The summed E-state index contributed by atoms with van der Waals surface area (Å²) in [5.41, 5.74) is 0. The third-order valence-electron chi connectivity index (χ3n) is 9.65. The van der Waals surface area contributed by atoms with Crippen molar-refractivity contribution in [1.29, 1.82) is 0 Å². The number of allylic oxidation sites excluding steroid dienone is 4. The van der Waals surface area contributed by atoms with E-state index in [2.05, 4.69) is 47.7 Å². The molecule has 1 aliphatic heterocycles. The lowest BCUT2D eigenvalue weighted by Gasteiger charge is -2.41. The first kappa shape index (κ1) is 49.6. The number of aliphatic hydroxyl groups is 5. The first-order chi connectivity index (χ1) is 25.4. The summed E-state index contributed by atoms with van der Waals surface area (Å²) in [6.07, 6.45) is 19.9. The minimum absolute atomic E-state index is 0.254. The number of carbonyl (C=O) groups is 1. The lowest BCUT2D eigenvalue weighted by molar-refractivity contribution is -0.298. The Bertz CT molecular complexity index is 1070. The van der Waals surface area contributed by atoms with Crippen molar-refractivity contribution >= 4 is 16.3 Å². The Kier molecular flexibility index (Phi) is 28.7. The van der Waals surface area contributed by atoms with E-state index in [1.54, 1.807) is 0 Å². The molecule has 8 unspecified atom stereocenters. The van der Waals surface area contributed by atoms with Crippen molar-refractivity contribution in [2.45, 2.75) is 204 Å². The molecule has 8 atom stereocenters. The van der Waals surface area contributed by atoms with Gasteiger partial charge in [-0.05, 0) is 38.5 Å². The van der Waals surface area contributed by atoms with E-state index in [0.717, 1.165) is 70.6 Å². The first-order valence-corrected chi connectivity index (χ1v) is 21.7. The zero-order valence-corrected chi connectivity index (χ0v) is 33.3. The molecule has 0 aromatic carbocycles. The quantitative estimate of drug-likeness (QED) is 0.0248. The van der Waals surface area contributed by atoms with Crippen molar-refractivity contribution in [3.8, 4) is 0 Å². The van der Waals surface area contributed by atoms with Gasteiger partial charge in [-0.2, -0.15) is 8.42 Å². The second kappa shape index (κ2) is 30.7. The fourth-order valence-corrected chi connectivity index (χ4v) is 6.84. The summed E-state index contributed by atoms with van der Waals surface area (Å²) < 4.78 is 47.2. The number of hydrogen-bond acceptors (Lipinski definition) is 11. The van der Waals surface area contributed by atoms with E-state index in [4.69, 9.17) is 14.0 Å². The van der Waals surface area contributed by atoms with Crippen LogP contribution in [0.15, 0.2) is 24.3 Å². The molecule has 0 aromatic rings. The van der Waals surface area contributed by atoms with Crippen molar-refractivity contribution in [1.82, 2.24) is 5.32 Å². The van der Waals surface area contributed by atoms with Crippen LogP contribution in [-0.4, -0.2) is 107 Å². The fraction of sp³-hybridized carbons (Fsp3) is 0.872. The smallest absolute Gasteiger partial charge is 0.394 e. The van der Waals surface area contributed by atoms with Gasteiger partial charge in [-0.3, -0.25) is 9.35 Å². The molecule has 0 saturated carbocycles. The standard InChI is InChI=1S/C39H73NO12S/c1-3-5-7-9-11-12-13-14-15-16-17-18-19-20-21-22-24-26-28-33(43)38(46)40-31(32(42)27-25-23-10-8-6-4-2)30-50-39-36(45)37(52-53(47,48)49)35(44)34(29-41)51-39/h11-14,31-37,39,41-45H,3-10,15-30H2,1-2H3,(H,40,46)(H,47,48,49)/b12-11-,14-13-. The third-order valence-corrected chi connectivity index (χ3v) is 10.1. The first-order valence-electron chi connectivity index (χ1n) is 20.3. The molecule has 0 radical (unpaired) electrons. The lowest BCUT2D eigenvalue weighted by atomic mass is 9.99. The molecule has 1 amide bonds. The van der Waals surface area contributed by atoms with E-state index in [-0.39, 0.29) is 6.42 Å². The van der Waals surface area contributed by atoms with Crippen LogP contribution in [0.2, 0.25) is 0 Å². The average molecular weight is 780 g/mol. The normalized spacial score (nSPS) is 22.8. The largest absolute Gasteiger partial charge is 0.397 e. The summed E-state index contributed by atoms with van der Waals surface area (Å²) in [5, 5.41) is 54.8. The Morgan fingerprint density at radius 3 is 1.79 bits per heavy atom. The minimum Gasteiger partial charge on any atom is -0.394 e. The second-order valence-corrected chi connectivity index (χ2v) is 15.4. The van der Waals surface area contributed by atoms with E-state index in [0.29, 0.717) is 19.3 Å². The summed E-state index contributed by atoms with van der Waals surface area (Å²) in [7, 11) is -5.10. The van der Waals surface area contributed by atoms with Gasteiger partial charge in [0.05, 0.1) is 25.4 Å². The predicted octanol–water partition coefficient (Wildman–Crippen LogP) is 5.57. The number of rotatable bonds is 33. The molecule has 13 nitrogen and oxygen atoms in total. The molecule has 0 aromatic heterocycles. The molecule has 0 bridgehead atoms. The Labute approximate surface area is 319 Å². The van der Waals surface area contributed by atoms with Crippen molar-refractivity contribution in [2.24, 2.45) is 0 Å². The predicted molar refractivity (Wildman–Crippen MR) is 205 cm³/mol. The molecule has 0 spiro atoms. The number of ether oxygens (including phenoxy) is 2. The van der Waals surface area contributed by atoms with Gasteiger partial charge in [0, 0.05) is 0 Å². The van der Waals surface area contributed by atoms with Crippen LogP contribution in [0, 0.1) is 0 Å².